The van der Waals surface area contributed by atoms with E-state index in [4.69, 9.17) is 11.6 Å². The Morgan fingerprint density at radius 1 is 1.36 bits per heavy atom. The first-order valence-corrected chi connectivity index (χ1v) is 10.6. The summed E-state index contributed by atoms with van der Waals surface area (Å²) >= 11 is 7.28. The minimum Gasteiger partial charge on any atom is -0.355 e. The molecule has 2 aromatic rings. The Kier molecular flexibility index (Phi) is 7.24. The number of hydrogen-bond acceptors (Lipinski definition) is 6. The third kappa shape index (κ3) is 7.43. The molecular formula is C14H18ClN5O3S2. The molecule has 0 aliphatic heterocycles. The number of amides is 1. The number of nitrogens with zero attached hydrogens (tertiary/aromatic N) is 2. The van der Waals surface area contributed by atoms with Crippen LogP contribution in [-0.2, 0) is 14.8 Å². The zero-order valence-corrected chi connectivity index (χ0v) is 15.8. The Labute approximate surface area is 155 Å². The van der Waals surface area contributed by atoms with Crippen molar-refractivity contribution < 1.29 is 13.2 Å². The standard InChI is InChI=1S/C14H18ClN5O3S2/c1-25(22,23)20-12(10-2-4-11(15)5-3-10)8-13(21)16-6-7-24-14-17-9-18-19-14/h2-5,9,12,20H,6-8H2,1H3,(H,16,21)(H,17,18,19). The summed E-state index contributed by atoms with van der Waals surface area (Å²) in [4.78, 5) is 16.1. The van der Waals surface area contributed by atoms with E-state index in [0.717, 1.165) is 6.26 Å². The van der Waals surface area contributed by atoms with Gasteiger partial charge >= 0.3 is 0 Å². The van der Waals surface area contributed by atoms with Crippen LogP contribution in [0.15, 0.2) is 35.7 Å². The van der Waals surface area contributed by atoms with Gasteiger partial charge in [-0.3, -0.25) is 9.89 Å². The van der Waals surface area contributed by atoms with Gasteiger partial charge in [-0.15, -0.1) is 0 Å². The first-order chi connectivity index (χ1) is 11.8. The maximum atomic E-state index is 12.1. The van der Waals surface area contributed by atoms with Crippen LogP contribution in [0.2, 0.25) is 5.02 Å². The van der Waals surface area contributed by atoms with Crippen LogP contribution in [0.1, 0.15) is 18.0 Å². The number of carbonyl (C=O) groups excluding carboxylic acids is 1. The highest BCUT2D eigenvalue weighted by atomic mass is 35.5. The molecule has 8 nitrogen and oxygen atoms in total. The summed E-state index contributed by atoms with van der Waals surface area (Å²) in [6.07, 6.45) is 2.46. The van der Waals surface area contributed by atoms with Gasteiger partial charge in [-0.2, -0.15) is 5.10 Å². The van der Waals surface area contributed by atoms with Gasteiger partial charge in [0.05, 0.1) is 12.3 Å². The van der Waals surface area contributed by atoms with Gasteiger partial charge in [0, 0.05) is 23.7 Å². The van der Waals surface area contributed by atoms with E-state index in [1.54, 1.807) is 24.3 Å². The van der Waals surface area contributed by atoms with Gasteiger partial charge in [-0.25, -0.2) is 18.1 Å². The van der Waals surface area contributed by atoms with E-state index in [1.165, 1.54) is 18.1 Å². The van der Waals surface area contributed by atoms with Gasteiger partial charge in [0.15, 0.2) is 5.16 Å². The Morgan fingerprint density at radius 2 is 2.08 bits per heavy atom. The fourth-order valence-electron chi connectivity index (χ4n) is 2.04. The van der Waals surface area contributed by atoms with Crippen molar-refractivity contribution >= 4 is 39.3 Å². The molecule has 0 spiro atoms. The lowest BCUT2D eigenvalue weighted by atomic mass is 10.0. The molecule has 2 rings (SSSR count). The smallest absolute Gasteiger partial charge is 0.221 e. The van der Waals surface area contributed by atoms with Crippen LogP contribution in [0.5, 0.6) is 0 Å². The summed E-state index contributed by atoms with van der Waals surface area (Å²) in [7, 11) is -3.47. The van der Waals surface area contributed by atoms with Crippen molar-refractivity contribution in [2.24, 2.45) is 0 Å². The molecule has 1 heterocycles. The molecule has 0 bridgehead atoms. The van der Waals surface area contributed by atoms with Crippen LogP contribution in [0.4, 0.5) is 0 Å². The summed E-state index contributed by atoms with van der Waals surface area (Å²) in [5.41, 5.74) is 0.668. The van der Waals surface area contributed by atoms with Crippen LogP contribution in [-0.4, -0.2) is 48.1 Å². The molecule has 0 saturated carbocycles. The molecule has 0 saturated heterocycles. The van der Waals surface area contributed by atoms with Gasteiger partial charge < -0.3 is 5.32 Å². The molecule has 0 fully saturated rings. The number of sulfonamides is 1. The zero-order chi connectivity index (χ0) is 18.3. The molecule has 1 aromatic carbocycles. The van der Waals surface area contributed by atoms with Gasteiger partial charge in [0.25, 0.3) is 0 Å². The molecule has 25 heavy (non-hydrogen) atoms. The number of aromatic amines is 1. The van der Waals surface area contributed by atoms with Crippen molar-refractivity contribution in [3.8, 4) is 0 Å². The molecule has 1 unspecified atom stereocenters. The lowest BCUT2D eigenvalue weighted by Crippen LogP contribution is -2.34. The maximum Gasteiger partial charge on any atom is 0.221 e. The van der Waals surface area contributed by atoms with Crippen molar-refractivity contribution in [2.75, 3.05) is 18.6 Å². The lowest BCUT2D eigenvalue weighted by molar-refractivity contribution is -0.121. The number of rotatable bonds is 9. The van der Waals surface area contributed by atoms with Crippen molar-refractivity contribution in [2.45, 2.75) is 17.6 Å². The van der Waals surface area contributed by atoms with E-state index in [0.29, 0.717) is 28.0 Å². The monoisotopic (exact) mass is 403 g/mol. The molecule has 0 radical (unpaired) electrons. The zero-order valence-electron chi connectivity index (χ0n) is 13.4. The van der Waals surface area contributed by atoms with Crippen molar-refractivity contribution in [3.05, 3.63) is 41.2 Å². The number of aromatic nitrogens is 3. The summed E-state index contributed by atoms with van der Waals surface area (Å²) in [5.74, 6) is 0.362. The molecule has 1 amide bonds. The number of carbonyl (C=O) groups is 1. The predicted octanol–water partition coefficient (Wildman–Crippen LogP) is 1.35. The van der Waals surface area contributed by atoms with Crippen LogP contribution in [0.25, 0.3) is 0 Å². The topological polar surface area (TPSA) is 117 Å². The van der Waals surface area contributed by atoms with Crippen molar-refractivity contribution in [1.82, 2.24) is 25.2 Å². The van der Waals surface area contributed by atoms with E-state index in [-0.39, 0.29) is 12.3 Å². The van der Waals surface area contributed by atoms with E-state index < -0.39 is 16.1 Å². The predicted molar refractivity (Wildman–Crippen MR) is 96.9 cm³/mol. The summed E-state index contributed by atoms with van der Waals surface area (Å²) in [5, 5.41) is 10.4. The quantitative estimate of drug-likeness (QED) is 0.429. The van der Waals surface area contributed by atoms with Crippen molar-refractivity contribution in [3.63, 3.8) is 0 Å². The number of H-pyrrole nitrogens is 1. The van der Waals surface area contributed by atoms with Gasteiger partial charge in [-0.05, 0) is 17.7 Å². The molecule has 11 heteroatoms. The highest BCUT2D eigenvalue weighted by Crippen LogP contribution is 2.20. The van der Waals surface area contributed by atoms with Gasteiger partial charge in [0.1, 0.15) is 6.33 Å². The Balaban J connectivity index is 1.88. The van der Waals surface area contributed by atoms with Gasteiger partial charge in [0.2, 0.25) is 15.9 Å². The molecule has 0 aliphatic carbocycles. The number of thioether (sulfide) groups is 1. The van der Waals surface area contributed by atoms with E-state index in [1.807, 2.05) is 0 Å². The van der Waals surface area contributed by atoms with E-state index >= 15 is 0 Å². The largest absolute Gasteiger partial charge is 0.355 e. The molecule has 0 aliphatic rings. The maximum absolute atomic E-state index is 12.1. The Bertz CT molecular complexity index is 781. The SMILES string of the molecule is CS(=O)(=O)NC(CC(=O)NCCSc1ncn[nH]1)c1ccc(Cl)cc1. The minimum atomic E-state index is -3.47. The Hall–Kier alpha value is -1.62. The average Bonchev–Trinajstić information content (AvgIpc) is 3.04. The normalized spacial score (nSPS) is 12.7. The second-order valence-electron chi connectivity index (χ2n) is 5.19. The van der Waals surface area contributed by atoms with Crippen LogP contribution < -0.4 is 10.0 Å². The summed E-state index contributed by atoms with van der Waals surface area (Å²) < 4.78 is 25.6. The third-order valence-corrected chi connectivity index (χ3v) is 4.92. The second kappa shape index (κ2) is 9.18. The number of benzene rings is 1. The number of hydrogen-bond donors (Lipinski definition) is 3. The molecular weight excluding hydrogens is 386 g/mol. The summed E-state index contributed by atoms with van der Waals surface area (Å²) in [6.45, 7) is 0.427. The fraction of sp³-hybridized carbons (Fsp3) is 0.357. The molecule has 136 valence electrons. The average molecular weight is 404 g/mol. The van der Waals surface area contributed by atoms with Crippen LogP contribution >= 0.6 is 23.4 Å². The first-order valence-electron chi connectivity index (χ1n) is 7.31. The van der Waals surface area contributed by atoms with E-state index in [2.05, 4.69) is 25.2 Å². The second-order valence-corrected chi connectivity index (χ2v) is 8.49. The van der Waals surface area contributed by atoms with Crippen molar-refractivity contribution in [1.29, 1.82) is 0 Å². The highest BCUT2D eigenvalue weighted by molar-refractivity contribution is 7.99. The lowest BCUT2D eigenvalue weighted by Gasteiger charge is -2.18. The minimum absolute atomic E-state index is 0.0122. The Morgan fingerprint density at radius 3 is 2.68 bits per heavy atom. The van der Waals surface area contributed by atoms with Crippen LogP contribution in [0, 0.1) is 0 Å². The third-order valence-electron chi connectivity index (χ3n) is 3.07. The summed E-state index contributed by atoms with van der Waals surface area (Å²) in [6, 6.07) is 6.03. The molecule has 1 atom stereocenters. The number of nitrogens with one attached hydrogen (secondary N) is 3. The fourth-order valence-corrected chi connectivity index (χ4v) is 3.54. The van der Waals surface area contributed by atoms with E-state index in [9.17, 15) is 13.2 Å². The molecule has 1 aromatic heterocycles. The molecule has 3 N–H and O–H groups in total. The highest BCUT2D eigenvalue weighted by Gasteiger charge is 2.19. The first kappa shape index (κ1) is 19.7. The van der Waals surface area contributed by atoms with Gasteiger partial charge in [-0.1, -0.05) is 35.5 Å². The van der Waals surface area contributed by atoms with Crippen LogP contribution in [0.3, 0.4) is 0 Å². The number of halogens is 1.